The van der Waals surface area contributed by atoms with Crippen LogP contribution in [0, 0.1) is 5.92 Å². The molecule has 1 rings (SSSR count). The maximum atomic E-state index is 12.3. The number of carbonyl (C=O) groups is 2. The summed E-state index contributed by atoms with van der Waals surface area (Å²) in [6, 6.07) is -0.0306. The van der Waals surface area contributed by atoms with E-state index in [1.165, 1.54) is 0 Å². The van der Waals surface area contributed by atoms with Gasteiger partial charge in [0.1, 0.15) is 0 Å². The number of amides is 2. The summed E-state index contributed by atoms with van der Waals surface area (Å²) < 4.78 is 5.05. The highest BCUT2D eigenvalue weighted by molar-refractivity contribution is 5.74. The van der Waals surface area contributed by atoms with E-state index in [0.717, 1.165) is 12.8 Å². The van der Waals surface area contributed by atoms with Crippen LogP contribution in [0.2, 0.25) is 0 Å². The molecule has 110 valence electrons. The molecule has 1 fully saturated rings. The van der Waals surface area contributed by atoms with Gasteiger partial charge in [0, 0.05) is 33.7 Å². The average Bonchev–Trinajstić information content (AvgIpc) is 2.36. The molecule has 0 aromatic carbocycles. The largest absolute Gasteiger partial charge is 0.481 e. The molecule has 6 heteroatoms. The molecule has 1 heterocycles. The van der Waals surface area contributed by atoms with Crippen molar-refractivity contribution in [1.82, 2.24) is 9.80 Å². The summed E-state index contributed by atoms with van der Waals surface area (Å²) >= 11 is 0. The second-order valence-electron chi connectivity index (χ2n) is 5.25. The molecule has 1 aliphatic heterocycles. The molecule has 2 unspecified atom stereocenters. The highest BCUT2D eigenvalue weighted by Crippen LogP contribution is 2.20. The fourth-order valence-electron chi connectivity index (χ4n) is 2.42. The van der Waals surface area contributed by atoms with Gasteiger partial charge >= 0.3 is 12.0 Å². The van der Waals surface area contributed by atoms with Gasteiger partial charge in [-0.3, -0.25) is 4.79 Å². The third-order valence-electron chi connectivity index (χ3n) is 3.62. The number of carboxylic acid groups (broad SMARTS) is 1. The summed E-state index contributed by atoms with van der Waals surface area (Å²) in [5, 5.41) is 8.83. The Morgan fingerprint density at radius 3 is 2.79 bits per heavy atom. The van der Waals surface area contributed by atoms with E-state index < -0.39 is 5.97 Å². The van der Waals surface area contributed by atoms with Crippen molar-refractivity contribution in [2.45, 2.75) is 32.2 Å². The zero-order valence-corrected chi connectivity index (χ0v) is 12.0. The van der Waals surface area contributed by atoms with Gasteiger partial charge in [0.15, 0.2) is 0 Å². The van der Waals surface area contributed by atoms with E-state index in [0.29, 0.717) is 19.7 Å². The molecule has 1 N–H and O–H groups in total. The number of aliphatic carboxylic acids is 1. The van der Waals surface area contributed by atoms with Crippen molar-refractivity contribution in [3.63, 3.8) is 0 Å². The molecule has 0 aromatic heterocycles. The van der Waals surface area contributed by atoms with Crippen molar-refractivity contribution in [3.8, 4) is 0 Å². The van der Waals surface area contributed by atoms with Gasteiger partial charge in [0.2, 0.25) is 0 Å². The number of carbonyl (C=O) groups excluding carboxylic acids is 1. The van der Waals surface area contributed by atoms with E-state index in [1.807, 2.05) is 6.92 Å². The molecule has 1 saturated heterocycles. The number of nitrogens with zero attached hydrogens (tertiary/aromatic N) is 2. The van der Waals surface area contributed by atoms with Crippen LogP contribution in [0.1, 0.15) is 26.2 Å². The van der Waals surface area contributed by atoms with Crippen molar-refractivity contribution < 1.29 is 19.4 Å². The van der Waals surface area contributed by atoms with Crippen LogP contribution in [-0.2, 0) is 9.53 Å². The lowest BCUT2D eigenvalue weighted by Gasteiger charge is -2.36. The average molecular weight is 272 g/mol. The Kier molecular flexibility index (Phi) is 6.08. The Labute approximate surface area is 114 Å². The number of likely N-dealkylation sites (tertiary alicyclic amines) is 1. The Morgan fingerprint density at radius 1 is 1.53 bits per heavy atom. The van der Waals surface area contributed by atoms with Crippen molar-refractivity contribution in [2.75, 3.05) is 33.9 Å². The summed E-state index contributed by atoms with van der Waals surface area (Å²) in [6.07, 6.45) is 1.89. The maximum absolute atomic E-state index is 12.3. The Hall–Kier alpha value is -1.30. The molecule has 0 saturated carbocycles. The lowest BCUT2D eigenvalue weighted by molar-refractivity contribution is -0.138. The Bertz CT molecular complexity index is 322. The van der Waals surface area contributed by atoms with Crippen LogP contribution in [0.3, 0.4) is 0 Å². The third-order valence-corrected chi connectivity index (χ3v) is 3.62. The molecule has 1 aliphatic rings. The van der Waals surface area contributed by atoms with Crippen LogP contribution in [-0.4, -0.2) is 66.8 Å². The number of hydrogen-bond acceptors (Lipinski definition) is 3. The minimum Gasteiger partial charge on any atom is -0.481 e. The minimum atomic E-state index is -0.791. The van der Waals surface area contributed by atoms with Crippen molar-refractivity contribution in [2.24, 2.45) is 5.92 Å². The Balaban J connectivity index is 2.53. The SMILES string of the molecule is COCC(C)N(C)C(=O)N1CCCC(CC(=O)O)C1. The molecular formula is C13H24N2O4. The lowest BCUT2D eigenvalue weighted by atomic mass is 9.95. The van der Waals surface area contributed by atoms with E-state index in [9.17, 15) is 9.59 Å². The van der Waals surface area contributed by atoms with Crippen LogP contribution >= 0.6 is 0 Å². The smallest absolute Gasteiger partial charge is 0.320 e. The van der Waals surface area contributed by atoms with Crippen LogP contribution in [0.4, 0.5) is 4.79 Å². The van der Waals surface area contributed by atoms with Crippen molar-refractivity contribution >= 4 is 12.0 Å². The zero-order chi connectivity index (χ0) is 14.4. The maximum Gasteiger partial charge on any atom is 0.320 e. The first-order valence-corrected chi connectivity index (χ1v) is 6.68. The highest BCUT2D eigenvalue weighted by Gasteiger charge is 2.28. The van der Waals surface area contributed by atoms with E-state index >= 15 is 0 Å². The number of rotatable bonds is 5. The standard InChI is InChI=1S/C13H24N2O4/c1-10(9-19-3)14(2)13(18)15-6-4-5-11(8-15)7-12(16)17/h10-11H,4-9H2,1-3H3,(H,16,17). The van der Waals surface area contributed by atoms with Gasteiger partial charge in [-0.05, 0) is 25.7 Å². The van der Waals surface area contributed by atoms with E-state index in [4.69, 9.17) is 9.84 Å². The first-order chi connectivity index (χ1) is 8.95. The molecule has 2 atom stereocenters. The van der Waals surface area contributed by atoms with Gasteiger partial charge in [-0.1, -0.05) is 0 Å². The fraction of sp³-hybridized carbons (Fsp3) is 0.846. The van der Waals surface area contributed by atoms with Crippen molar-refractivity contribution in [3.05, 3.63) is 0 Å². The molecule has 0 spiro atoms. The quantitative estimate of drug-likeness (QED) is 0.818. The van der Waals surface area contributed by atoms with E-state index in [2.05, 4.69) is 0 Å². The minimum absolute atomic E-state index is 0.0114. The van der Waals surface area contributed by atoms with Crippen LogP contribution in [0.5, 0.6) is 0 Å². The molecule has 0 bridgehead atoms. The molecule has 0 aromatic rings. The number of likely N-dealkylation sites (N-methyl/N-ethyl adjacent to an activating group) is 1. The van der Waals surface area contributed by atoms with Gasteiger partial charge < -0.3 is 19.6 Å². The summed E-state index contributed by atoms with van der Waals surface area (Å²) in [5.74, 6) is -0.721. The summed E-state index contributed by atoms with van der Waals surface area (Å²) in [5.41, 5.74) is 0. The second kappa shape index (κ2) is 7.33. The number of carboxylic acids is 1. The second-order valence-corrected chi connectivity index (χ2v) is 5.25. The van der Waals surface area contributed by atoms with Gasteiger partial charge in [-0.2, -0.15) is 0 Å². The Morgan fingerprint density at radius 2 is 2.21 bits per heavy atom. The predicted molar refractivity (Wildman–Crippen MR) is 71.0 cm³/mol. The number of ether oxygens (including phenoxy) is 1. The number of piperidine rings is 1. The normalized spacial score (nSPS) is 21.0. The summed E-state index contributed by atoms with van der Waals surface area (Å²) in [7, 11) is 3.37. The van der Waals surface area contributed by atoms with E-state index in [-0.39, 0.29) is 24.4 Å². The number of urea groups is 1. The monoisotopic (exact) mass is 272 g/mol. The first-order valence-electron chi connectivity index (χ1n) is 6.68. The number of methoxy groups -OCH3 is 1. The van der Waals surface area contributed by atoms with Gasteiger partial charge in [0.25, 0.3) is 0 Å². The molecule has 19 heavy (non-hydrogen) atoms. The molecule has 0 aliphatic carbocycles. The number of hydrogen-bond donors (Lipinski definition) is 1. The summed E-state index contributed by atoms with van der Waals surface area (Å²) in [4.78, 5) is 26.4. The van der Waals surface area contributed by atoms with Crippen LogP contribution < -0.4 is 0 Å². The zero-order valence-electron chi connectivity index (χ0n) is 12.0. The van der Waals surface area contributed by atoms with Gasteiger partial charge in [0.05, 0.1) is 12.6 Å². The first kappa shape index (κ1) is 15.8. The lowest BCUT2D eigenvalue weighted by Crippen LogP contribution is -2.50. The van der Waals surface area contributed by atoms with Gasteiger partial charge in [-0.15, -0.1) is 0 Å². The van der Waals surface area contributed by atoms with Gasteiger partial charge in [-0.25, -0.2) is 4.79 Å². The molecule has 0 radical (unpaired) electrons. The third kappa shape index (κ3) is 4.70. The highest BCUT2D eigenvalue weighted by atomic mass is 16.5. The predicted octanol–water partition coefficient (Wildman–Crippen LogP) is 1.26. The molecule has 2 amide bonds. The topological polar surface area (TPSA) is 70.1 Å². The fourth-order valence-corrected chi connectivity index (χ4v) is 2.42. The molecule has 6 nitrogen and oxygen atoms in total. The van der Waals surface area contributed by atoms with Crippen LogP contribution in [0.25, 0.3) is 0 Å². The van der Waals surface area contributed by atoms with Crippen molar-refractivity contribution in [1.29, 1.82) is 0 Å². The van der Waals surface area contributed by atoms with E-state index in [1.54, 1.807) is 24.0 Å². The molecular weight excluding hydrogens is 248 g/mol. The summed E-state index contributed by atoms with van der Waals surface area (Å²) in [6.45, 7) is 3.67. The van der Waals surface area contributed by atoms with Crippen LogP contribution in [0.15, 0.2) is 0 Å².